The molecule has 1 unspecified atom stereocenters. The smallest absolute Gasteiger partial charge is 0.163 e. The lowest BCUT2D eigenvalue weighted by Gasteiger charge is -2.16. The molecule has 21 heavy (non-hydrogen) atoms. The Morgan fingerprint density at radius 3 is 2.33 bits per heavy atom. The van der Waals surface area contributed by atoms with Crippen molar-refractivity contribution in [2.24, 2.45) is 0 Å². The number of hydrogen-bond donors (Lipinski definition) is 0. The lowest BCUT2D eigenvalue weighted by Crippen LogP contribution is -2.00. The van der Waals surface area contributed by atoms with Crippen molar-refractivity contribution in [2.45, 2.75) is 4.83 Å². The SMILES string of the molecule is COc1cc(F)c(C(Br)c2ccc(I)c(Cl)c2)cc1OC. The standard InChI is InChI=1S/C15H12BrClFIO2/c1-20-13-6-9(11(18)7-14(13)21-2)15(16)8-3-4-12(19)10(17)5-8/h3-7,15H,1-2H3. The van der Waals surface area contributed by atoms with Gasteiger partial charge in [-0.15, -0.1) is 0 Å². The zero-order chi connectivity index (χ0) is 15.6. The summed E-state index contributed by atoms with van der Waals surface area (Å²) < 4.78 is 25.5. The van der Waals surface area contributed by atoms with Gasteiger partial charge >= 0.3 is 0 Å². The molecule has 2 nitrogen and oxygen atoms in total. The third-order valence-electron chi connectivity index (χ3n) is 3.01. The largest absolute Gasteiger partial charge is 0.493 e. The first-order chi connectivity index (χ1) is 9.97. The molecule has 112 valence electrons. The summed E-state index contributed by atoms with van der Waals surface area (Å²) in [7, 11) is 2.99. The second kappa shape index (κ2) is 7.15. The Morgan fingerprint density at radius 1 is 1.14 bits per heavy atom. The first kappa shape index (κ1) is 16.8. The molecule has 0 aliphatic rings. The molecule has 0 aliphatic heterocycles. The van der Waals surface area contributed by atoms with Gasteiger partial charge in [-0.2, -0.15) is 0 Å². The zero-order valence-corrected chi connectivity index (χ0v) is 15.8. The maximum atomic E-state index is 14.3. The summed E-state index contributed by atoms with van der Waals surface area (Å²) in [5.41, 5.74) is 1.33. The average Bonchev–Trinajstić information content (AvgIpc) is 2.49. The molecule has 1 atom stereocenters. The van der Waals surface area contributed by atoms with E-state index in [-0.39, 0.29) is 10.6 Å². The van der Waals surface area contributed by atoms with E-state index >= 15 is 0 Å². The molecular formula is C15H12BrClFIO2. The Kier molecular flexibility index (Phi) is 5.73. The van der Waals surface area contributed by atoms with Crippen LogP contribution in [0.15, 0.2) is 30.3 Å². The van der Waals surface area contributed by atoms with Gasteiger partial charge in [-0.3, -0.25) is 0 Å². The van der Waals surface area contributed by atoms with Gasteiger partial charge in [0.15, 0.2) is 11.5 Å². The van der Waals surface area contributed by atoms with Crippen LogP contribution in [0.25, 0.3) is 0 Å². The van der Waals surface area contributed by atoms with E-state index < -0.39 is 0 Å². The molecule has 0 bridgehead atoms. The minimum Gasteiger partial charge on any atom is -0.493 e. The van der Waals surface area contributed by atoms with Gasteiger partial charge in [0, 0.05) is 15.2 Å². The summed E-state index contributed by atoms with van der Waals surface area (Å²) in [6, 6.07) is 8.56. The average molecular weight is 486 g/mol. The third-order valence-corrected chi connectivity index (χ3v) is 5.61. The van der Waals surface area contributed by atoms with E-state index in [1.165, 1.54) is 20.3 Å². The summed E-state index contributed by atoms with van der Waals surface area (Å²) in [6.45, 7) is 0. The van der Waals surface area contributed by atoms with Gasteiger partial charge in [0.25, 0.3) is 0 Å². The van der Waals surface area contributed by atoms with Crippen LogP contribution in [0.1, 0.15) is 16.0 Å². The van der Waals surface area contributed by atoms with E-state index in [4.69, 9.17) is 21.1 Å². The van der Waals surface area contributed by atoms with Gasteiger partial charge in [0.2, 0.25) is 0 Å². The zero-order valence-electron chi connectivity index (χ0n) is 11.3. The number of rotatable bonds is 4. The van der Waals surface area contributed by atoms with Crippen molar-refractivity contribution in [1.82, 2.24) is 0 Å². The molecule has 2 aromatic rings. The lowest BCUT2D eigenvalue weighted by atomic mass is 10.0. The molecular weight excluding hydrogens is 473 g/mol. The maximum absolute atomic E-state index is 14.3. The van der Waals surface area contributed by atoms with Crippen LogP contribution in [0.5, 0.6) is 11.5 Å². The summed E-state index contributed by atoms with van der Waals surface area (Å²) >= 11 is 11.8. The van der Waals surface area contributed by atoms with Crippen molar-refractivity contribution in [3.05, 3.63) is 55.9 Å². The molecule has 0 N–H and O–H groups in total. The lowest BCUT2D eigenvalue weighted by molar-refractivity contribution is 0.351. The summed E-state index contributed by atoms with van der Waals surface area (Å²) in [5, 5.41) is 0.637. The van der Waals surface area contributed by atoms with Crippen LogP contribution < -0.4 is 9.47 Å². The van der Waals surface area contributed by atoms with Gasteiger partial charge in [0.1, 0.15) is 5.82 Å². The maximum Gasteiger partial charge on any atom is 0.163 e. The van der Waals surface area contributed by atoms with Crippen molar-refractivity contribution in [3.8, 4) is 11.5 Å². The van der Waals surface area contributed by atoms with E-state index in [1.807, 2.05) is 18.2 Å². The van der Waals surface area contributed by atoms with Crippen molar-refractivity contribution in [3.63, 3.8) is 0 Å². The predicted octanol–water partition coefficient (Wildman–Crippen LogP) is 5.59. The third kappa shape index (κ3) is 3.63. The van der Waals surface area contributed by atoms with Crippen LogP contribution in [0.3, 0.4) is 0 Å². The molecule has 0 heterocycles. The Labute approximate surface area is 149 Å². The molecule has 0 radical (unpaired) electrons. The molecule has 0 amide bonds. The molecule has 0 aliphatic carbocycles. The Bertz CT molecular complexity index is 666. The summed E-state index contributed by atoms with van der Waals surface area (Å²) in [6.07, 6.45) is 0. The number of halogens is 4. The number of hydrogen-bond acceptors (Lipinski definition) is 2. The topological polar surface area (TPSA) is 18.5 Å². The van der Waals surface area contributed by atoms with Crippen molar-refractivity contribution < 1.29 is 13.9 Å². The van der Waals surface area contributed by atoms with E-state index in [9.17, 15) is 4.39 Å². The highest BCUT2D eigenvalue weighted by atomic mass is 127. The highest BCUT2D eigenvalue weighted by Crippen LogP contribution is 2.39. The van der Waals surface area contributed by atoms with E-state index in [2.05, 4.69) is 38.5 Å². The van der Waals surface area contributed by atoms with Gasteiger partial charge in [-0.05, 0) is 46.4 Å². The molecule has 2 rings (SSSR count). The second-order valence-corrected chi connectivity index (χ2v) is 6.75. The van der Waals surface area contributed by atoms with Crippen LogP contribution in [0.4, 0.5) is 4.39 Å². The fourth-order valence-electron chi connectivity index (χ4n) is 1.91. The highest BCUT2D eigenvalue weighted by molar-refractivity contribution is 14.1. The summed E-state index contributed by atoms with van der Waals surface area (Å²) in [5.74, 6) is 0.471. The molecule has 0 saturated carbocycles. The van der Waals surface area contributed by atoms with Crippen molar-refractivity contribution in [1.29, 1.82) is 0 Å². The van der Waals surface area contributed by atoms with Crippen LogP contribution in [0, 0.1) is 9.39 Å². The van der Waals surface area contributed by atoms with Crippen LogP contribution in [-0.4, -0.2) is 14.2 Å². The summed E-state index contributed by atoms with van der Waals surface area (Å²) in [4.78, 5) is -0.327. The van der Waals surface area contributed by atoms with Crippen LogP contribution >= 0.6 is 50.1 Å². The quantitative estimate of drug-likeness (QED) is 0.416. The first-order valence-corrected chi connectivity index (χ1v) is 8.35. The second-order valence-electron chi connectivity index (χ2n) is 4.26. The van der Waals surface area contributed by atoms with E-state index in [0.717, 1.165) is 9.13 Å². The monoisotopic (exact) mass is 484 g/mol. The van der Waals surface area contributed by atoms with Crippen LogP contribution in [0.2, 0.25) is 5.02 Å². The van der Waals surface area contributed by atoms with Crippen molar-refractivity contribution in [2.75, 3.05) is 14.2 Å². The fourth-order valence-corrected chi connectivity index (χ4v) is 3.07. The Balaban J connectivity index is 2.47. The molecule has 0 spiro atoms. The number of benzene rings is 2. The molecule has 6 heteroatoms. The predicted molar refractivity (Wildman–Crippen MR) is 94.4 cm³/mol. The fraction of sp³-hybridized carbons (Fsp3) is 0.200. The number of alkyl halides is 1. The minimum atomic E-state index is -0.371. The molecule has 2 aromatic carbocycles. The van der Waals surface area contributed by atoms with Crippen LogP contribution in [-0.2, 0) is 0 Å². The van der Waals surface area contributed by atoms with Gasteiger partial charge < -0.3 is 9.47 Å². The normalized spacial score (nSPS) is 12.1. The molecule has 0 fully saturated rings. The van der Waals surface area contributed by atoms with E-state index in [0.29, 0.717) is 22.1 Å². The highest BCUT2D eigenvalue weighted by Gasteiger charge is 2.19. The number of methoxy groups -OCH3 is 2. The Morgan fingerprint density at radius 2 is 1.76 bits per heavy atom. The Hall–Kier alpha value is -0.530. The number of ether oxygens (including phenoxy) is 2. The molecule has 0 saturated heterocycles. The van der Waals surface area contributed by atoms with Gasteiger partial charge in [-0.25, -0.2) is 4.39 Å². The molecule has 0 aromatic heterocycles. The van der Waals surface area contributed by atoms with Crippen molar-refractivity contribution >= 4 is 50.1 Å². The van der Waals surface area contributed by atoms with Gasteiger partial charge in [-0.1, -0.05) is 33.6 Å². The van der Waals surface area contributed by atoms with Gasteiger partial charge in [0.05, 0.1) is 24.1 Å². The first-order valence-electron chi connectivity index (χ1n) is 5.98. The van der Waals surface area contributed by atoms with E-state index in [1.54, 1.807) is 6.07 Å². The minimum absolute atomic E-state index is 0.327.